The number of fused-ring (bicyclic) bond motifs is 3. The Hall–Kier alpha value is -0.800. The van der Waals surface area contributed by atoms with Crippen molar-refractivity contribution in [3.8, 4) is 0 Å². The van der Waals surface area contributed by atoms with Crippen LogP contribution in [0.3, 0.4) is 0 Å². The molecule has 1 atom stereocenters. The van der Waals surface area contributed by atoms with Gasteiger partial charge in [-0.3, -0.25) is 0 Å². The molecule has 4 heterocycles. The molecule has 0 amide bonds. The Morgan fingerprint density at radius 1 is 1.40 bits per heavy atom. The SMILES string of the molecule is Cn1cccc1C1(O)CN2CCC1CC2. The maximum absolute atomic E-state index is 10.8. The van der Waals surface area contributed by atoms with Crippen molar-refractivity contribution in [2.45, 2.75) is 18.4 Å². The molecule has 1 aromatic rings. The highest BCUT2D eigenvalue weighted by Crippen LogP contribution is 2.42. The van der Waals surface area contributed by atoms with E-state index in [0.29, 0.717) is 5.92 Å². The monoisotopic (exact) mass is 206 g/mol. The quantitative estimate of drug-likeness (QED) is 0.740. The predicted molar refractivity (Wildman–Crippen MR) is 58.5 cm³/mol. The zero-order valence-corrected chi connectivity index (χ0v) is 9.19. The lowest BCUT2D eigenvalue weighted by Gasteiger charge is -2.50. The van der Waals surface area contributed by atoms with E-state index >= 15 is 0 Å². The minimum atomic E-state index is -0.602. The van der Waals surface area contributed by atoms with Crippen LogP contribution in [0.4, 0.5) is 0 Å². The molecule has 0 radical (unpaired) electrons. The fourth-order valence-corrected chi connectivity index (χ4v) is 3.24. The second-order valence-corrected chi connectivity index (χ2v) is 4.98. The maximum atomic E-state index is 10.8. The van der Waals surface area contributed by atoms with E-state index in [-0.39, 0.29) is 0 Å². The van der Waals surface area contributed by atoms with E-state index < -0.39 is 5.60 Å². The van der Waals surface area contributed by atoms with E-state index in [2.05, 4.69) is 15.5 Å². The van der Waals surface area contributed by atoms with E-state index in [1.165, 1.54) is 0 Å². The summed E-state index contributed by atoms with van der Waals surface area (Å²) < 4.78 is 2.06. The smallest absolute Gasteiger partial charge is 0.120 e. The van der Waals surface area contributed by atoms with Gasteiger partial charge in [0.25, 0.3) is 0 Å². The summed E-state index contributed by atoms with van der Waals surface area (Å²) >= 11 is 0. The third-order valence-corrected chi connectivity index (χ3v) is 4.11. The van der Waals surface area contributed by atoms with E-state index in [1.807, 2.05) is 19.3 Å². The van der Waals surface area contributed by atoms with Crippen LogP contribution in [0.2, 0.25) is 0 Å². The summed E-state index contributed by atoms with van der Waals surface area (Å²) in [5.74, 6) is 0.455. The van der Waals surface area contributed by atoms with Crippen molar-refractivity contribution in [3.05, 3.63) is 24.0 Å². The molecule has 0 spiro atoms. The molecular formula is C12H18N2O. The highest BCUT2D eigenvalue weighted by Gasteiger charge is 2.47. The predicted octanol–water partition coefficient (Wildman–Crippen LogP) is 0.938. The first kappa shape index (κ1) is 9.43. The van der Waals surface area contributed by atoms with Gasteiger partial charge in [-0.25, -0.2) is 0 Å². The summed E-state index contributed by atoms with van der Waals surface area (Å²) in [7, 11) is 2.02. The zero-order valence-electron chi connectivity index (χ0n) is 9.19. The normalized spacial score (nSPS) is 39.6. The Bertz CT molecular complexity index is 365. The van der Waals surface area contributed by atoms with Crippen molar-refractivity contribution in [3.63, 3.8) is 0 Å². The second kappa shape index (κ2) is 3.09. The average molecular weight is 206 g/mol. The van der Waals surface area contributed by atoms with Gasteiger partial charge in [0.15, 0.2) is 0 Å². The van der Waals surface area contributed by atoms with Crippen molar-refractivity contribution in [2.24, 2.45) is 13.0 Å². The second-order valence-electron chi connectivity index (χ2n) is 4.98. The lowest BCUT2D eigenvalue weighted by molar-refractivity contribution is -0.121. The van der Waals surface area contributed by atoms with Gasteiger partial charge in [0.1, 0.15) is 5.60 Å². The molecule has 1 N–H and O–H groups in total. The molecular weight excluding hydrogens is 188 g/mol. The highest BCUT2D eigenvalue weighted by molar-refractivity contribution is 5.20. The van der Waals surface area contributed by atoms with Crippen LogP contribution in [0.15, 0.2) is 18.3 Å². The average Bonchev–Trinajstić information content (AvgIpc) is 2.66. The molecule has 2 bridgehead atoms. The topological polar surface area (TPSA) is 28.4 Å². The molecule has 0 aromatic carbocycles. The van der Waals surface area contributed by atoms with Gasteiger partial charge < -0.3 is 14.6 Å². The number of hydrogen-bond acceptors (Lipinski definition) is 2. The van der Waals surface area contributed by atoms with Crippen LogP contribution in [0, 0.1) is 5.92 Å². The molecule has 3 saturated heterocycles. The number of aryl methyl sites for hydroxylation is 1. The molecule has 0 aliphatic carbocycles. The molecule has 3 fully saturated rings. The van der Waals surface area contributed by atoms with E-state index in [0.717, 1.165) is 38.2 Å². The lowest BCUT2D eigenvalue weighted by atomic mass is 9.73. The fraction of sp³-hybridized carbons (Fsp3) is 0.667. The molecule has 3 nitrogen and oxygen atoms in total. The number of aromatic nitrogens is 1. The minimum Gasteiger partial charge on any atom is -0.382 e. The number of nitrogens with zero attached hydrogens (tertiary/aromatic N) is 2. The van der Waals surface area contributed by atoms with E-state index in [1.54, 1.807) is 0 Å². The lowest BCUT2D eigenvalue weighted by Crippen LogP contribution is -2.57. The largest absolute Gasteiger partial charge is 0.382 e. The Kier molecular flexibility index (Phi) is 1.94. The molecule has 3 aliphatic rings. The van der Waals surface area contributed by atoms with Gasteiger partial charge >= 0.3 is 0 Å². The van der Waals surface area contributed by atoms with Gasteiger partial charge in [-0.15, -0.1) is 0 Å². The van der Waals surface area contributed by atoms with Gasteiger partial charge in [0.2, 0.25) is 0 Å². The Balaban J connectivity index is 2.00. The summed E-state index contributed by atoms with van der Waals surface area (Å²) in [6.45, 7) is 3.14. The first-order valence-corrected chi connectivity index (χ1v) is 5.77. The molecule has 3 heteroatoms. The highest BCUT2D eigenvalue weighted by atomic mass is 16.3. The van der Waals surface area contributed by atoms with Crippen LogP contribution >= 0.6 is 0 Å². The summed E-state index contributed by atoms with van der Waals surface area (Å²) in [5, 5.41) is 10.8. The molecule has 1 aromatic heterocycles. The third kappa shape index (κ3) is 1.26. The van der Waals surface area contributed by atoms with Crippen molar-refractivity contribution >= 4 is 0 Å². The summed E-state index contributed by atoms with van der Waals surface area (Å²) in [6, 6.07) is 4.08. The molecule has 15 heavy (non-hydrogen) atoms. The number of hydrogen-bond donors (Lipinski definition) is 1. The zero-order chi connectivity index (χ0) is 10.5. The van der Waals surface area contributed by atoms with Crippen molar-refractivity contribution in [1.82, 2.24) is 9.47 Å². The third-order valence-electron chi connectivity index (χ3n) is 4.11. The molecule has 82 valence electrons. The first-order valence-electron chi connectivity index (χ1n) is 5.77. The van der Waals surface area contributed by atoms with Crippen LogP contribution in [0.25, 0.3) is 0 Å². The molecule has 3 aliphatic heterocycles. The molecule has 4 rings (SSSR count). The van der Waals surface area contributed by atoms with Crippen LogP contribution in [-0.2, 0) is 12.6 Å². The molecule has 1 unspecified atom stereocenters. The van der Waals surface area contributed by atoms with E-state index in [4.69, 9.17) is 0 Å². The minimum absolute atomic E-state index is 0.455. The Morgan fingerprint density at radius 3 is 2.60 bits per heavy atom. The Morgan fingerprint density at radius 2 is 2.13 bits per heavy atom. The number of aliphatic hydroxyl groups is 1. The van der Waals surface area contributed by atoms with Crippen molar-refractivity contribution in [1.29, 1.82) is 0 Å². The number of piperidine rings is 3. The van der Waals surface area contributed by atoms with Gasteiger partial charge in [-0.2, -0.15) is 0 Å². The maximum Gasteiger partial charge on any atom is 0.120 e. The summed E-state index contributed by atoms with van der Waals surface area (Å²) in [6.07, 6.45) is 4.30. The van der Waals surface area contributed by atoms with Crippen molar-refractivity contribution < 1.29 is 5.11 Å². The standard InChI is InChI=1S/C12H18N2O/c1-13-6-2-3-11(13)12(15)9-14-7-4-10(12)5-8-14/h2-3,6,10,15H,4-5,7-9H2,1H3. The van der Waals surface area contributed by atoms with Gasteiger partial charge in [0.05, 0.1) is 5.69 Å². The van der Waals surface area contributed by atoms with E-state index in [9.17, 15) is 5.11 Å². The Labute approximate surface area is 90.3 Å². The van der Waals surface area contributed by atoms with Crippen LogP contribution in [-0.4, -0.2) is 34.2 Å². The summed E-state index contributed by atoms with van der Waals surface area (Å²) in [4.78, 5) is 2.38. The van der Waals surface area contributed by atoms with Crippen LogP contribution in [0.1, 0.15) is 18.5 Å². The first-order chi connectivity index (χ1) is 7.20. The fourth-order valence-electron chi connectivity index (χ4n) is 3.24. The number of rotatable bonds is 1. The van der Waals surface area contributed by atoms with Gasteiger partial charge in [0, 0.05) is 19.8 Å². The van der Waals surface area contributed by atoms with Crippen LogP contribution in [0.5, 0.6) is 0 Å². The summed E-state index contributed by atoms with van der Waals surface area (Å²) in [5.41, 5.74) is 0.478. The molecule has 0 saturated carbocycles. The van der Waals surface area contributed by atoms with Gasteiger partial charge in [-0.05, 0) is 44.0 Å². The van der Waals surface area contributed by atoms with Gasteiger partial charge in [-0.1, -0.05) is 0 Å². The van der Waals surface area contributed by atoms with Crippen molar-refractivity contribution in [2.75, 3.05) is 19.6 Å². The van der Waals surface area contributed by atoms with Crippen LogP contribution < -0.4 is 0 Å².